The summed E-state index contributed by atoms with van der Waals surface area (Å²) in [6, 6.07) is 0. The predicted molar refractivity (Wildman–Crippen MR) is 116 cm³/mol. The van der Waals surface area contributed by atoms with Crippen molar-refractivity contribution in [2.24, 2.45) is 17.8 Å². The molecule has 0 amide bonds. The molecular formula is C24H42CrO6. The van der Waals surface area contributed by atoms with Crippen LogP contribution < -0.4 is 0 Å². The molecule has 3 aliphatic rings. The van der Waals surface area contributed by atoms with Crippen molar-refractivity contribution >= 4 is 17.9 Å². The second-order valence-electron chi connectivity index (χ2n) is 9.31. The van der Waals surface area contributed by atoms with Crippen molar-refractivity contribution in [1.82, 2.24) is 0 Å². The average Bonchev–Trinajstić information content (AvgIpc) is 2.70. The van der Waals surface area contributed by atoms with Crippen molar-refractivity contribution in [2.45, 2.75) is 116 Å². The molecule has 3 N–H and O–H groups in total. The largest absolute Gasteiger partial charge is 0.481 e. The Bertz CT molecular complexity index is 421. The number of rotatable bonds is 6. The van der Waals surface area contributed by atoms with Gasteiger partial charge in [-0.3, -0.25) is 14.4 Å². The second-order valence-corrected chi connectivity index (χ2v) is 9.31. The van der Waals surface area contributed by atoms with Gasteiger partial charge in [0.2, 0.25) is 0 Å². The van der Waals surface area contributed by atoms with E-state index in [1.165, 1.54) is 57.8 Å². The SMILES string of the molecule is O=C(O)CC1CCCCC1.O=C(O)CC1CCCCC1.O=C(O)CC1CCCCC1.[Cr]. The summed E-state index contributed by atoms with van der Waals surface area (Å²) >= 11 is 0. The average molecular weight is 479 g/mol. The van der Waals surface area contributed by atoms with E-state index in [1.807, 2.05) is 0 Å². The molecule has 0 saturated heterocycles. The Labute approximate surface area is 198 Å². The first-order valence-corrected chi connectivity index (χ1v) is 12.0. The molecule has 3 rings (SSSR count). The maximum absolute atomic E-state index is 10.3. The fourth-order valence-corrected chi connectivity index (χ4v) is 4.91. The van der Waals surface area contributed by atoms with E-state index in [4.69, 9.17) is 15.3 Å². The zero-order chi connectivity index (χ0) is 22.2. The van der Waals surface area contributed by atoms with E-state index in [0.29, 0.717) is 37.0 Å². The van der Waals surface area contributed by atoms with Crippen LogP contribution in [0, 0.1) is 17.8 Å². The summed E-state index contributed by atoms with van der Waals surface area (Å²) < 4.78 is 0. The molecule has 31 heavy (non-hydrogen) atoms. The molecule has 0 aromatic carbocycles. The van der Waals surface area contributed by atoms with Crippen LogP contribution >= 0.6 is 0 Å². The molecule has 0 aromatic heterocycles. The van der Waals surface area contributed by atoms with Crippen LogP contribution in [-0.2, 0) is 31.7 Å². The minimum atomic E-state index is -0.632. The Kier molecular flexibility index (Phi) is 17.9. The third kappa shape index (κ3) is 17.2. The summed E-state index contributed by atoms with van der Waals surface area (Å²) in [7, 11) is 0. The first-order chi connectivity index (χ1) is 14.4. The van der Waals surface area contributed by atoms with Crippen molar-refractivity contribution in [3.05, 3.63) is 0 Å². The van der Waals surface area contributed by atoms with Crippen LogP contribution in [0.3, 0.4) is 0 Å². The van der Waals surface area contributed by atoms with Crippen LogP contribution in [-0.4, -0.2) is 33.2 Å². The summed E-state index contributed by atoms with van der Waals surface area (Å²) in [6.07, 6.45) is 19.3. The van der Waals surface area contributed by atoms with E-state index in [-0.39, 0.29) is 17.4 Å². The zero-order valence-corrected chi connectivity index (χ0v) is 20.2. The third-order valence-electron chi connectivity index (χ3n) is 6.56. The van der Waals surface area contributed by atoms with Crippen molar-refractivity contribution in [3.8, 4) is 0 Å². The van der Waals surface area contributed by atoms with Crippen molar-refractivity contribution < 1.29 is 47.1 Å². The molecule has 0 bridgehead atoms. The monoisotopic (exact) mass is 478 g/mol. The van der Waals surface area contributed by atoms with Gasteiger partial charge in [0.05, 0.1) is 0 Å². The van der Waals surface area contributed by atoms with E-state index in [1.54, 1.807) is 0 Å². The minimum absolute atomic E-state index is 0. The first-order valence-electron chi connectivity index (χ1n) is 12.0. The van der Waals surface area contributed by atoms with Crippen LogP contribution in [0.15, 0.2) is 0 Å². The van der Waals surface area contributed by atoms with Gasteiger partial charge in [-0.05, 0) is 56.3 Å². The summed E-state index contributed by atoms with van der Waals surface area (Å²) in [4.78, 5) is 30.8. The number of carboxylic acid groups (broad SMARTS) is 3. The van der Waals surface area contributed by atoms with Gasteiger partial charge >= 0.3 is 17.9 Å². The molecule has 0 heterocycles. The van der Waals surface area contributed by atoms with E-state index >= 15 is 0 Å². The summed E-state index contributed by atoms with van der Waals surface area (Å²) in [5.41, 5.74) is 0. The van der Waals surface area contributed by atoms with Gasteiger partial charge in [0.15, 0.2) is 0 Å². The van der Waals surface area contributed by atoms with Crippen LogP contribution in [0.2, 0.25) is 0 Å². The Morgan fingerprint density at radius 3 is 0.806 bits per heavy atom. The Balaban J connectivity index is 0.000000429. The van der Waals surface area contributed by atoms with Gasteiger partial charge in [0.25, 0.3) is 0 Å². The standard InChI is InChI=1S/3C8H14O2.Cr/c3*9-8(10)6-7-4-2-1-3-5-7;/h3*7H,1-6H2,(H,9,10);. The first kappa shape index (κ1) is 29.9. The van der Waals surface area contributed by atoms with Gasteiger partial charge < -0.3 is 15.3 Å². The van der Waals surface area contributed by atoms with Gasteiger partial charge in [-0.1, -0.05) is 57.8 Å². The van der Waals surface area contributed by atoms with E-state index in [2.05, 4.69) is 0 Å². The van der Waals surface area contributed by atoms with Gasteiger partial charge in [-0.2, -0.15) is 0 Å². The molecule has 0 spiro atoms. The molecule has 7 heteroatoms. The molecule has 180 valence electrons. The number of aliphatic carboxylic acids is 3. The molecule has 0 aliphatic heterocycles. The van der Waals surface area contributed by atoms with Crippen molar-refractivity contribution in [1.29, 1.82) is 0 Å². The maximum atomic E-state index is 10.3. The molecule has 0 unspecified atom stereocenters. The molecule has 3 saturated carbocycles. The Morgan fingerprint density at radius 2 is 0.645 bits per heavy atom. The van der Waals surface area contributed by atoms with Gasteiger partial charge in [0, 0.05) is 36.6 Å². The zero-order valence-electron chi connectivity index (χ0n) is 18.9. The second kappa shape index (κ2) is 18.5. The molecule has 3 aliphatic carbocycles. The topological polar surface area (TPSA) is 112 Å². The van der Waals surface area contributed by atoms with Crippen LogP contribution in [0.5, 0.6) is 0 Å². The summed E-state index contributed by atoms with van der Waals surface area (Å²) in [6.45, 7) is 0. The van der Waals surface area contributed by atoms with E-state index in [0.717, 1.165) is 38.5 Å². The fraction of sp³-hybridized carbons (Fsp3) is 0.875. The Morgan fingerprint density at radius 1 is 0.452 bits per heavy atom. The molecule has 0 atom stereocenters. The normalized spacial score (nSPS) is 20.1. The van der Waals surface area contributed by atoms with Crippen LogP contribution in [0.1, 0.15) is 116 Å². The number of carbonyl (C=O) groups is 3. The third-order valence-corrected chi connectivity index (χ3v) is 6.56. The van der Waals surface area contributed by atoms with Gasteiger partial charge in [0.1, 0.15) is 0 Å². The minimum Gasteiger partial charge on any atom is -0.481 e. The summed E-state index contributed by atoms with van der Waals surface area (Å²) in [5.74, 6) is -0.463. The molecule has 0 radical (unpaired) electrons. The quantitative estimate of drug-likeness (QED) is 0.424. The van der Waals surface area contributed by atoms with Crippen molar-refractivity contribution in [3.63, 3.8) is 0 Å². The smallest absolute Gasteiger partial charge is 0.303 e. The number of hydrogen-bond acceptors (Lipinski definition) is 3. The molecular weight excluding hydrogens is 436 g/mol. The maximum Gasteiger partial charge on any atom is 0.303 e. The number of carboxylic acids is 3. The molecule has 3 fully saturated rings. The predicted octanol–water partition coefficient (Wildman–Crippen LogP) is 6.12. The van der Waals surface area contributed by atoms with Gasteiger partial charge in [-0.15, -0.1) is 0 Å². The van der Waals surface area contributed by atoms with Crippen LogP contribution in [0.25, 0.3) is 0 Å². The van der Waals surface area contributed by atoms with Crippen molar-refractivity contribution in [2.75, 3.05) is 0 Å². The molecule has 0 aromatic rings. The van der Waals surface area contributed by atoms with E-state index < -0.39 is 17.9 Å². The fourth-order valence-electron chi connectivity index (χ4n) is 4.91. The van der Waals surface area contributed by atoms with Gasteiger partial charge in [-0.25, -0.2) is 0 Å². The van der Waals surface area contributed by atoms with Crippen LogP contribution in [0.4, 0.5) is 0 Å². The summed E-state index contributed by atoms with van der Waals surface area (Å²) in [5, 5.41) is 25.4. The van der Waals surface area contributed by atoms with E-state index in [9.17, 15) is 14.4 Å². The molecule has 6 nitrogen and oxygen atoms in total. The number of hydrogen-bond donors (Lipinski definition) is 3. The Hall–Kier alpha value is -1.06.